The first-order valence-electron chi connectivity index (χ1n) is 6.27. The summed E-state index contributed by atoms with van der Waals surface area (Å²) in [5, 5.41) is 2.93. The number of thiophene rings is 1. The molecule has 1 amide bonds. The van der Waals surface area contributed by atoms with Gasteiger partial charge in [0.1, 0.15) is 5.82 Å². The van der Waals surface area contributed by atoms with Crippen molar-refractivity contribution in [3.05, 3.63) is 55.9 Å². The zero-order valence-corrected chi connectivity index (χ0v) is 13.6. The van der Waals surface area contributed by atoms with E-state index in [9.17, 15) is 9.18 Å². The summed E-state index contributed by atoms with van der Waals surface area (Å²) in [6.45, 7) is 4.03. The van der Waals surface area contributed by atoms with Gasteiger partial charge in [0.05, 0.1) is 5.56 Å². The zero-order chi connectivity index (χ0) is 14.7. The van der Waals surface area contributed by atoms with E-state index >= 15 is 0 Å². The SMILES string of the molecule is Cc1ccc(CC(C)NC(=O)c2ccc(F)cc2Br)s1. The highest BCUT2D eigenvalue weighted by atomic mass is 79.9. The number of amides is 1. The third-order valence-corrected chi connectivity index (χ3v) is 4.54. The lowest BCUT2D eigenvalue weighted by atomic mass is 10.1. The Morgan fingerprint density at radius 1 is 1.40 bits per heavy atom. The molecule has 0 saturated heterocycles. The molecule has 2 nitrogen and oxygen atoms in total. The van der Waals surface area contributed by atoms with Gasteiger partial charge in [0.15, 0.2) is 0 Å². The smallest absolute Gasteiger partial charge is 0.252 e. The Balaban J connectivity index is 2.00. The lowest BCUT2D eigenvalue weighted by Crippen LogP contribution is -2.34. The van der Waals surface area contributed by atoms with E-state index in [4.69, 9.17) is 0 Å². The van der Waals surface area contributed by atoms with Crippen LogP contribution < -0.4 is 5.32 Å². The first-order chi connectivity index (χ1) is 9.45. The van der Waals surface area contributed by atoms with Crippen molar-refractivity contribution in [2.45, 2.75) is 26.3 Å². The Morgan fingerprint density at radius 2 is 2.15 bits per heavy atom. The molecule has 1 N–H and O–H groups in total. The molecule has 0 fully saturated rings. The van der Waals surface area contributed by atoms with E-state index in [0.29, 0.717) is 10.0 Å². The summed E-state index contributed by atoms with van der Waals surface area (Å²) >= 11 is 4.94. The van der Waals surface area contributed by atoms with Gasteiger partial charge in [-0.05, 0) is 60.1 Å². The topological polar surface area (TPSA) is 29.1 Å². The van der Waals surface area contributed by atoms with E-state index in [0.717, 1.165) is 6.42 Å². The van der Waals surface area contributed by atoms with Gasteiger partial charge in [-0.25, -0.2) is 4.39 Å². The van der Waals surface area contributed by atoms with Gasteiger partial charge in [-0.2, -0.15) is 0 Å². The lowest BCUT2D eigenvalue weighted by molar-refractivity contribution is 0.0939. The fourth-order valence-electron chi connectivity index (χ4n) is 1.92. The third-order valence-electron chi connectivity index (χ3n) is 2.86. The van der Waals surface area contributed by atoms with Crippen LogP contribution in [0.4, 0.5) is 4.39 Å². The van der Waals surface area contributed by atoms with Gasteiger partial charge >= 0.3 is 0 Å². The molecular weight excluding hydrogens is 341 g/mol. The van der Waals surface area contributed by atoms with Gasteiger partial charge in [0.2, 0.25) is 0 Å². The Bertz CT molecular complexity index is 626. The summed E-state index contributed by atoms with van der Waals surface area (Å²) in [6.07, 6.45) is 0.795. The fraction of sp³-hybridized carbons (Fsp3) is 0.267. The molecule has 20 heavy (non-hydrogen) atoms. The molecule has 5 heteroatoms. The highest BCUT2D eigenvalue weighted by molar-refractivity contribution is 9.10. The molecule has 0 spiro atoms. The van der Waals surface area contributed by atoms with Gasteiger partial charge in [-0.3, -0.25) is 4.79 Å². The van der Waals surface area contributed by atoms with Crippen LogP contribution in [-0.4, -0.2) is 11.9 Å². The van der Waals surface area contributed by atoms with E-state index in [1.54, 1.807) is 11.3 Å². The van der Waals surface area contributed by atoms with Crippen LogP contribution in [0, 0.1) is 12.7 Å². The minimum absolute atomic E-state index is 0.0255. The van der Waals surface area contributed by atoms with Crippen molar-refractivity contribution in [3.8, 4) is 0 Å². The van der Waals surface area contributed by atoms with Crippen LogP contribution in [0.25, 0.3) is 0 Å². The molecule has 0 aliphatic heterocycles. The molecule has 2 rings (SSSR count). The number of carbonyl (C=O) groups excluding carboxylic acids is 1. The molecule has 1 aromatic heterocycles. The van der Waals surface area contributed by atoms with Crippen molar-refractivity contribution in [2.24, 2.45) is 0 Å². The van der Waals surface area contributed by atoms with E-state index in [2.05, 4.69) is 40.3 Å². The first kappa shape index (κ1) is 15.2. The third kappa shape index (κ3) is 3.90. The van der Waals surface area contributed by atoms with Crippen molar-refractivity contribution in [1.29, 1.82) is 0 Å². The largest absolute Gasteiger partial charge is 0.349 e. The second-order valence-electron chi connectivity index (χ2n) is 4.72. The molecule has 0 saturated carbocycles. The Kier molecular flexibility index (Phi) is 4.94. The molecule has 0 aliphatic rings. The number of hydrogen-bond acceptors (Lipinski definition) is 2. The van der Waals surface area contributed by atoms with Crippen LogP contribution >= 0.6 is 27.3 Å². The molecule has 2 aromatic rings. The van der Waals surface area contributed by atoms with Gasteiger partial charge < -0.3 is 5.32 Å². The monoisotopic (exact) mass is 355 g/mol. The average molecular weight is 356 g/mol. The fourth-order valence-corrected chi connectivity index (χ4v) is 3.47. The summed E-state index contributed by atoms with van der Waals surface area (Å²) in [7, 11) is 0. The minimum Gasteiger partial charge on any atom is -0.349 e. The summed E-state index contributed by atoms with van der Waals surface area (Å²) < 4.78 is 13.5. The molecule has 0 radical (unpaired) electrons. The molecule has 1 aromatic carbocycles. The van der Waals surface area contributed by atoms with E-state index in [1.165, 1.54) is 28.0 Å². The first-order valence-corrected chi connectivity index (χ1v) is 7.88. The number of nitrogens with one attached hydrogen (secondary N) is 1. The van der Waals surface area contributed by atoms with Crippen LogP contribution in [0.2, 0.25) is 0 Å². The second kappa shape index (κ2) is 6.50. The van der Waals surface area contributed by atoms with Crippen LogP contribution in [-0.2, 0) is 6.42 Å². The maximum atomic E-state index is 13.0. The molecule has 1 unspecified atom stereocenters. The average Bonchev–Trinajstić information content (AvgIpc) is 2.74. The summed E-state index contributed by atoms with van der Waals surface area (Å²) in [4.78, 5) is 14.6. The number of rotatable bonds is 4. The summed E-state index contributed by atoms with van der Waals surface area (Å²) in [5.41, 5.74) is 0.445. The Labute approximate surface area is 130 Å². The molecular formula is C15H15BrFNOS. The molecule has 0 bridgehead atoms. The zero-order valence-electron chi connectivity index (χ0n) is 11.2. The van der Waals surface area contributed by atoms with Crippen LogP contribution in [0.1, 0.15) is 27.0 Å². The quantitative estimate of drug-likeness (QED) is 0.869. The standard InChI is InChI=1S/C15H15BrFNOS/c1-9(7-12-5-3-10(2)20-12)18-15(19)13-6-4-11(17)8-14(13)16/h3-6,8-9H,7H2,1-2H3,(H,18,19). The lowest BCUT2D eigenvalue weighted by Gasteiger charge is -2.13. The maximum absolute atomic E-state index is 13.0. The number of aryl methyl sites for hydroxylation is 1. The van der Waals surface area contributed by atoms with E-state index in [-0.39, 0.29) is 17.8 Å². The van der Waals surface area contributed by atoms with Gasteiger partial charge in [0, 0.05) is 26.7 Å². The van der Waals surface area contributed by atoms with Gasteiger partial charge in [-0.1, -0.05) is 0 Å². The highest BCUT2D eigenvalue weighted by Crippen LogP contribution is 2.19. The molecule has 1 atom stereocenters. The van der Waals surface area contributed by atoms with Crippen LogP contribution in [0.5, 0.6) is 0 Å². The second-order valence-corrected chi connectivity index (χ2v) is 6.94. The maximum Gasteiger partial charge on any atom is 0.252 e. The predicted molar refractivity (Wildman–Crippen MR) is 83.8 cm³/mol. The van der Waals surface area contributed by atoms with Crippen molar-refractivity contribution in [3.63, 3.8) is 0 Å². The number of hydrogen-bond donors (Lipinski definition) is 1. The van der Waals surface area contributed by atoms with Gasteiger partial charge in [0.25, 0.3) is 5.91 Å². The molecule has 106 valence electrons. The predicted octanol–water partition coefficient (Wildman–Crippen LogP) is 4.32. The molecule has 1 heterocycles. The van der Waals surface area contributed by atoms with Crippen molar-refractivity contribution in [2.75, 3.05) is 0 Å². The van der Waals surface area contributed by atoms with Gasteiger partial charge in [-0.15, -0.1) is 11.3 Å². The molecule has 0 aliphatic carbocycles. The van der Waals surface area contributed by atoms with Crippen LogP contribution in [0.3, 0.4) is 0 Å². The number of benzene rings is 1. The van der Waals surface area contributed by atoms with Crippen molar-refractivity contribution < 1.29 is 9.18 Å². The Morgan fingerprint density at radius 3 is 2.75 bits per heavy atom. The minimum atomic E-state index is -0.365. The van der Waals surface area contributed by atoms with Crippen molar-refractivity contribution >= 4 is 33.2 Å². The number of halogens is 2. The van der Waals surface area contributed by atoms with Crippen LogP contribution in [0.15, 0.2) is 34.8 Å². The summed E-state index contributed by atoms with van der Waals surface area (Å²) in [5.74, 6) is -0.562. The normalized spacial score (nSPS) is 12.2. The van der Waals surface area contributed by atoms with Crippen molar-refractivity contribution in [1.82, 2.24) is 5.32 Å². The van der Waals surface area contributed by atoms with E-state index < -0.39 is 0 Å². The van der Waals surface area contributed by atoms with E-state index in [1.807, 2.05) is 6.92 Å². The Hall–Kier alpha value is -1.20. The highest BCUT2D eigenvalue weighted by Gasteiger charge is 2.14. The number of carbonyl (C=O) groups is 1. The summed E-state index contributed by atoms with van der Waals surface area (Å²) in [6, 6.07) is 8.24.